The van der Waals surface area contributed by atoms with Crippen molar-refractivity contribution in [3.05, 3.63) is 0 Å². The van der Waals surface area contributed by atoms with Crippen LogP contribution >= 0.6 is 7.87 Å². The summed E-state index contributed by atoms with van der Waals surface area (Å²) in [5.74, 6) is 0. The summed E-state index contributed by atoms with van der Waals surface area (Å²) in [5, 5.41) is -0.432. The fraction of sp³-hybridized carbons (Fsp3) is 1.00. The topological polar surface area (TPSA) is 43.7 Å². The summed E-state index contributed by atoms with van der Waals surface area (Å²) in [5.41, 5.74) is 0. The van der Waals surface area contributed by atoms with E-state index in [9.17, 15) is 9.79 Å². The molecule has 0 rings (SSSR count). The van der Waals surface area contributed by atoms with Crippen molar-refractivity contribution >= 4 is 7.87 Å². The highest BCUT2D eigenvalue weighted by atomic mass is 31.2. The predicted octanol–water partition coefficient (Wildman–Crippen LogP) is 1.87. The molecule has 0 unspecified atom stereocenters. The van der Waals surface area contributed by atoms with Crippen LogP contribution in [0.15, 0.2) is 0 Å². The Morgan fingerprint density at radius 1 is 1.08 bits per heavy atom. The van der Waals surface area contributed by atoms with Gasteiger partial charge >= 0.3 is 7.87 Å². The number of rotatable bonds is 3. The van der Waals surface area contributed by atoms with Crippen LogP contribution in [0.25, 0.3) is 0 Å². The van der Waals surface area contributed by atoms with Crippen LogP contribution in [0.4, 0.5) is 0 Å². The second-order valence-electron chi connectivity index (χ2n) is 3.88. The van der Waals surface area contributed by atoms with Gasteiger partial charge in [-0.1, -0.05) is 0 Å². The summed E-state index contributed by atoms with van der Waals surface area (Å²) < 4.78 is 1.74. The van der Waals surface area contributed by atoms with E-state index in [0.717, 1.165) is 0 Å². The Balaban J connectivity index is 4.57. The maximum absolute atomic E-state index is 9.90. The molecule has 0 saturated heterocycles. The molecular formula is C8H21NO2P+. The highest BCUT2D eigenvalue weighted by Crippen LogP contribution is 2.63. The molecule has 0 aromatic heterocycles. The van der Waals surface area contributed by atoms with Gasteiger partial charge in [0.2, 0.25) is 0 Å². The van der Waals surface area contributed by atoms with Gasteiger partial charge < -0.3 is 0 Å². The van der Waals surface area contributed by atoms with E-state index in [2.05, 4.69) is 0 Å². The largest absolute Gasteiger partial charge is 0.347 e. The maximum Gasteiger partial charge on any atom is 0.347 e. The minimum atomic E-state index is -2.90. The Hall–Kier alpha value is 0.310. The first kappa shape index (κ1) is 12.3. The van der Waals surface area contributed by atoms with Crippen molar-refractivity contribution in [2.75, 3.05) is 13.1 Å². The number of hydrogen-bond donors (Lipinski definition) is 2. The Kier molecular flexibility index (Phi) is 4.12. The van der Waals surface area contributed by atoms with Crippen molar-refractivity contribution in [1.29, 1.82) is 0 Å². The van der Waals surface area contributed by atoms with Crippen LogP contribution in [0.5, 0.6) is 0 Å². The lowest BCUT2D eigenvalue weighted by Gasteiger charge is -2.32. The average molecular weight is 194 g/mol. The lowest BCUT2D eigenvalue weighted by Crippen LogP contribution is -2.34. The highest BCUT2D eigenvalue weighted by Gasteiger charge is 2.52. The SMILES string of the molecule is CCN(CC)[P+](O)(O)C(C)(C)C. The Bertz CT molecular complexity index is 138. The smallest absolute Gasteiger partial charge is 0.201 e. The van der Waals surface area contributed by atoms with Crippen LogP contribution in [0.2, 0.25) is 0 Å². The van der Waals surface area contributed by atoms with Crippen molar-refractivity contribution in [3.63, 3.8) is 0 Å². The molecule has 0 radical (unpaired) electrons. The molecule has 12 heavy (non-hydrogen) atoms. The van der Waals surface area contributed by atoms with Crippen molar-refractivity contribution in [2.45, 2.75) is 39.8 Å². The summed E-state index contributed by atoms with van der Waals surface area (Å²) in [6, 6.07) is 0. The van der Waals surface area contributed by atoms with E-state index in [0.29, 0.717) is 13.1 Å². The van der Waals surface area contributed by atoms with Crippen LogP contribution in [0.3, 0.4) is 0 Å². The van der Waals surface area contributed by atoms with Gasteiger partial charge in [-0.25, -0.2) is 9.79 Å². The van der Waals surface area contributed by atoms with E-state index < -0.39 is 13.0 Å². The first-order valence-electron chi connectivity index (χ1n) is 4.37. The van der Waals surface area contributed by atoms with Crippen LogP contribution in [-0.2, 0) is 0 Å². The summed E-state index contributed by atoms with van der Waals surface area (Å²) in [6.07, 6.45) is 0. The molecule has 0 spiro atoms. The third-order valence-corrected chi connectivity index (χ3v) is 5.18. The molecule has 2 N–H and O–H groups in total. The van der Waals surface area contributed by atoms with Gasteiger partial charge in [-0.2, -0.15) is 0 Å². The van der Waals surface area contributed by atoms with Crippen LogP contribution in [0.1, 0.15) is 34.6 Å². The summed E-state index contributed by atoms with van der Waals surface area (Å²) in [7, 11) is -2.90. The van der Waals surface area contributed by atoms with Crippen molar-refractivity contribution in [3.8, 4) is 0 Å². The van der Waals surface area contributed by atoms with Crippen molar-refractivity contribution < 1.29 is 9.79 Å². The molecule has 0 aromatic carbocycles. The van der Waals surface area contributed by atoms with E-state index >= 15 is 0 Å². The molecule has 74 valence electrons. The quantitative estimate of drug-likeness (QED) is 0.674. The van der Waals surface area contributed by atoms with Gasteiger partial charge in [0.05, 0.1) is 0 Å². The molecule has 4 heteroatoms. The Morgan fingerprint density at radius 3 is 1.50 bits per heavy atom. The normalized spacial score (nSPS) is 14.0. The van der Waals surface area contributed by atoms with Gasteiger partial charge in [0.15, 0.2) is 0 Å². The van der Waals surface area contributed by atoms with Crippen LogP contribution in [0, 0.1) is 0 Å². The lowest BCUT2D eigenvalue weighted by molar-refractivity contribution is 0.302. The van der Waals surface area contributed by atoms with Gasteiger partial charge in [-0.05, 0) is 34.6 Å². The minimum Gasteiger partial charge on any atom is -0.201 e. The number of hydrogen-bond acceptors (Lipinski definition) is 3. The zero-order chi connectivity index (χ0) is 9.99. The van der Waals surface area contributed by atoms with Gasteiger partial charge in [0, 0.05) is 13.1 Å². The van der Waals surface area contributed by atoms with Crippen molar-refractivity contribution in [1.82, 2.24) is 4.67 Å². The Morgan fingerprint density at radius 2 is 1.42 bits per heavy atom. The number of nitrogens with zero attached hydrogens (tertiary/aromatic N) is 1. The van der Waals surface area contributed by atoms with E-state index in [-0.39, 0.29) is 0 Å². The fourth-order valence-electron chi connectivity index (χ4n) is 1.04. The lowest BCUT2D eigenvalue weighted by atomic mass is 10.3. The predicted molar refractivity (Wildman–Crippen MR) is 54.0 cm³/mol. The van der Waals surface area contributed by atoms with Gasteiger partial charge in [-0.3, -0.25) is 0 Å². The van der Waals surface area contributed by atoms with E-state index in [1.54, 1.807) is 4.67 Å². The fourth-order valence-corrected chi connectivity index (χ4v) is 2.68. The zero-order valence-electron chi connectivity index (χ0n) is 8.70. The molecule has 0 aliphatic rings. The van der Waals surface area contributed by atoms with Gasteiger partial charge in [0.1, 0.15) is 5.16 Å². The molecule has 0 bridgehead atoms. The monoisotopic (exact) mass is 194 g/mol. The van der Waals surface area contributed by atoms with Gasteiger partial charge in [-0.15, -0.1) is 4.67 Å². The minimum absolute atomic E-state index is 0.432. The van der Waals surface area contributed by atoms with Gasteiger partial charge in [0.25, 0.3) is 0 Å². The molecule has 0 aliphatic heterocycles. The van der Waals surface area contributed by atoms with Crippen LogP contribution < -0.4 is 0 Å². The molecule has 0 fully saturated rings. The average Bonchev–Trinajstić information content (AvgIpc) is 1.87. The van der Waals surface area contributed by atoms with Crippen LogP contribution in [-0.4, -0.2) is 32.7 Å². The Labute approximate surface area is 76.0 Å². The summed E-state index contributed by atoms with van der Waals surface area (Å²) in [4.78, 5) is 19.8. The highest BCUT2D eigenvalue weighted by molar-refractivity contribution is 7.63. The standard InChI is InChI=1S/C8H21NO2P/c1-6-9(7-2)12(10,11)8(3,4)5/h10-11H,6-7H2,1-5H3/q+1. The molecule has 0 atom stereocenters. The van der Waals surface area contributed by atoms with E-state index in [1.165, 1.54) is 0 Å². The third-order valence-electron chi connectivity index (χ3n) is 2.02. The zero-order valence-corrected chi connectivity index (χ0v) is 9.60. The second-order valence-corrected chi connectivity index (χ2v) is 6.92. The molecule has 0 aromatic rings. The molecule has 3 nitrogen and oxygen atoms in total. The molecule has 0 amide bonds. The van der Waals surface area contributed by atoms with E-state index in [4.69, 9.17) is 0 Å². The molecule has 0 aliphatic carbocycles. The molecular weight excluding hydrogens is 173 g/mol. The summed E-state index contributed by atoms with van der Waals surface area (Å²) >= 11 is 0. The third kappa shape index (κ3) is 2.40. The second kappa shape index (κ2) is 4.01. The van der Waals surface area contributed by atoms with Crippen molar-refractivity contribution in [2.24, 2.45) is 0 Å². The molecule has 0 heterocycles. The summed E-state index contributed by atoms with van der Waals surface area (Å²) in [6.45, 7) is 10.8. The first-order valence-corrected chi connectivity index (χ1v) is 6.02. The molecule has 0 saturated carbocycles. The maximum atomic E-state index is 9.90. The first-order chi connectivity index (χ1) is 5.27. The van der Waals surface area contributed by atoms with E-state index in [1.807, 2.05) is 34.6 Å².